The normalized spacial score (nSPS) is 26.7. The Morgan fingerprint density at radius 3 is 2.22 bits per heavy atom. The van der Waals surface area contributed by atoms with Gasteiger partial charge >= 0.3 is 18.0 Å². The summed E-state index contributed by atoms with van der Waals surface area (Å²) >= 11 is 0. The van der Waals surface area contributed by atoms with Crippen molar-refractivity contribution in [3.05, 3.63) is 59.7 Å². The number of nitrogens with one attached hydrogen (secondary N) is 1. The maximum atomic E-state index is 14.9. The maximum Gasteiger partial charge on any atom is 0.435 e. The Morgan fingerprint density at radius 1 is 1.02 bits per heavy atom. The number of alkyl halides is 7. The zero-order valence-corrected chi connectivity index (χ0v) is 22.8. The van der Waals surface area contributed by atoms with Crippen molar-refractivity contribution in [3.63, 3.8) is 0 Å². The Kier molecular flexibility index (Phi) is 6.88. The largest absolute Gasteiger partial charge is 0.491 e. The van der Waals surface area contributed by atoms with E-state index in [4.69, 9.17) is 4.74 Å². The molecule has 0 saturated carbocycles. The van der Waals surface area contributed by atoms with Gasteiger partial charge in [-0.2, -0.15) is 26.3 Å². The van der Waals surface area contributed by atoms with Gasteiger partial charge in [-0.25, -0.2) is 12.8 Å². The van der Waals surface area contributed by atoms with Crippen LogP contribution in [0, 0.1) is 0 Å². The number of amides is 2. The quantitative estimate of drug-likeness (QED) is 0.412. The number of hydrogen-bond donors (Lipinski definition) is 1. The Morgan fingerprint density at radius 2 is 1.66 bits per heavy atom. The minimum atomic E-state index is -6.39. The van der Waals surface area contributed by atoms with Gasteiger partial charge in [0, 0.05) is 17.7 Å². The van der Waals surface area contributed by atoms with E-state index in [0.717, 1.165) is 0 Å². The first-order valence-electron chi connectivity index (χ1n) is 12.2. The first kappa shape index (κ1) is 29.6. The van der Waals surface area contributed by atoms with Crippen LogP contribution in [0.25, 0.3) is 0 Å². The molecule has 2 aromatic rings. The zero-order chi connectivity index (χ0) is 30.2. The number of nitrogens with zero attached hydrogens (tertiary/aromatic N) is 1. The molecule has 2 amide bonds. The van der Waals surface area contributed by atoms with Crippen molar-refractivity contribution in [3.8, 4) is 5.75 Å². The lowest BCUT2D eigenvalue weighted by Crippen LogP contribution is -2.57. The van der Waals surface area contributed by atoms with Crippen LogP contribution in [0.1, 0.15) is 24.0 Å². The molecule has 3 heterocycles. The number of likely N-dealkylation sites (tertiary alicyclic amines) is 1. The minimum Gasteiger partial charge on any atom is -0.491 e. The molecule has 3 aliphatic rings. The Balaban J connectivity index is 1.67. The lowest BCUT2D eigenvalue weighted by atomic mass is 9.85. The van der Waals surface area contributed by atoms with Crippen LogP contribution in [0.4, 0.5) is 30.7 Å². The van der Waals surface area contributed by atoms with Crippen LogP contribution in [0.3, 0.4) is 0 Å². The Bertz CT molecular complexity index is 1490. The highest BCUT2D eigenvalue weighted by Crippen LogP contribution is 2.57. The average molecular weight is 626 g/mol. The average Bonchev–Trinajstić information content (AvgIpc) is 3.47. The standard InChI is InChI=1S/C25H22F7N2O5PS/c26-23(24(27,28)29,25(30,31)32)13-6-7-15-17(10-13)39-12-19-22(15,41(37,38)14-4-2-1-3-5-14)8-9-34(19)21(36)16-11-18(40)20(35)33-16/h1-7,10,16,18-19H,8-9,11-12,40H2,(H,33,35). The zero-order valence-electron chi connectivity index (χ0n) is 20.8. The second-order valence-electron chi connectivity index (χ2n) is 10.1. The Hall–Kier alpha value is -2.93. The number of rotatable bonds is 4. The molecular formula is C25H22F7N2O5PS. The summed E-state index contributed by atoms with van der Waals surface area (Å²) in [6, 6.07) is 5.84. The number of carbonyl (C=O) groups excluding carboxylic acids is 2. The SMILES string of the molecule is O=C1NC(C(=O)N2CCC3(S(=O)(=O)c4ccccc4)c4ccc(C(F)(C(F)(F)F)C(F)(F)F)cc4OCC23)CC1P. The van der Waals surface area contributed by atoms with Crippen LogP contribution < -0.4 is 10.1 Å². The third kappa shape index (κ3) is 4.21. The van der Waals surface area contributed by atoms with Crippen LogP contribution in [0.15, 0.2) is 53.4 Å². The summed E-state index contributed by atoms with van der Waals surface area (Å²) < 4.78 is 128. The predicted molar refractivity (Wildman–Crippen MR) is 132 cm³/mol. The number of benzene rings is 2. The van der Waals surface area contributed by atoms with Crippen LogP contribution in [-0.4, -0.2) is 68.4 Å². The van der Waals surface area contributed by atoms with Gasteiger partial charge in [0.15, 0.2) is 9.84 Å². The molecule has 5 rings (SSSR count). The summed E-state index contributed by atoms with van der Waals surface area (Å²) in [5.74, 6) is -1.70. The summed E-state index contributed by atoms with van der Waals surface area (Å²) in [7, 11) is -2.20. The van der Waals surface area contributed by atoms with Crippen molar-refractivity contribution >= 4 is 30.9 Å². The molecule has 0 aromatic heterocycles. The van der Waals surface area contributed by atoms with E-state index in [1.165, 1.54) is 29.2 Å². The van der Waals surface area contributed by atoms with Gasteiger partial charge < -0.3 is 15.0 Å². The fraction of sp³-hybridized carbons (Fsp3) is 0.440. The molecule has 3 aliphatic heterocycles. The van der Waals surface area contributed by atoms with Gasteiger partial charge in [0.2, 0.25) is 11.8 Å². The van der Waals surface area contributed by atoms with E-state index < -0.39 is 80.1 Å². The molecule has 5 atom stereocenters. The second kappa shape index (κ2) is 9.55. The number of fused-ring (bicyclic) bond motifs is 3. The van der Waals surface area contributed by atoms with Gasteiger partial charge in [-0.1, -0.05) is 30.3 Å². The van der Waals surface area contributed by atoms with Crippen molar-refractivity contribution in [1.82, 2.24) is 10.2 Å². The molecule has 1 N–H and O–H groups in total. The smallest absolute Gasteiger partial charge is 0.435 e. The lowest BCUT2D eigenvalue weighted by molar-refractivity contribution is -0.348. The third-order valence-electron chi connectivity index (χ3n) is 7.91. The van der Waals surface area contributed by atoms with Crippen LogP contribution >= 0.6 is 9.24 Å². The molecule has 222 valence electrons. The molecule has 2 aromatic carbocycles. The molecule has 0 radical (unpaired) electrons. The van der Waals surface area contributed by atoms with Crippen molar-refractivity contribution < 1.29 is 53.5 Å². The second-order valence-corrected chi connectivity index (χ2v) is 13.1. The fourth-order valence-electron chi connectivity index (χ4n) is 5.86. The van der Waals surface area contributed by atoms with E-state index >= 15 is 0 Å². The minimum absolute atomic E-state index is 0.109. The molecule has 0 spiro atoms. The van der Waals surface area contributed by atoms with E-state index in [2.05, 4.69) is 14.6 Å². The van der Waals surface area contributed by atoms with Gasteiger partial charge in [-0.05, 0) is 31.0 Å². The highest BCUT2D eigenvalue weighted by molar-refractivity contribution is 7.92. The highest BCUT2D eigenvalue weighted by Gasteiger charge is 2.74. The molecule has 5 unspecified atom stereocenters. The fourth-order valence-corrected chi connectivity index (χ4v) is 8.53. The van der Waals surface area contributed by atoms with Crippen molar-refractivity contribution in [2.45, 2.75) is 58.2 Å². The van der Waals surface area contributed by atoms with E-state index in [1.807, 2.05) is 0 Å². The Labute approximate surface area is 231 Å². The molecular weight excluding hydrogens is 604 g/mol. The molecule has 41 heavy (non-hydrogen) atoms. The summed E-state index contributed by atoms with van der Waals surface area (Å²) in [5.41, 5.74) is -8.45. The number of carbonyl (C=O) groups is 2. The first-order chi connectivity index (χ1) is 19.0. The summed E-state index contributed by atoms with van der Waals surface area (Å²) in [4.78, 5) is 26.5. The summed E-state index contributed by atoms with van der Waals surface area (Å²) in [6.07, 6.45) is -13.0. The number of sulfone groups is 1. The first-order valence-corrected chi connectivity index (χ1v) is 14.4. The third-order valence-corrected chi connectivity index (χ3v) is 11.0. The monoisotopic (exact) mass is 626 g/mol. The highest BCUT2D eigenvalue weighted by atomic mass is 32.2. The number of halogens is 7. The molecule has 0 aliphatic carbocycles. The van der Waals surface area contributed by atoms with Crippen LogP contribution in [0.2, 0.25) is 0 Å². The molecule has 2 fully saturated rings. The van der Waals surface area contributed by atoms with E-state index in [0.29, 0.717) is 6.07 Å². The van der Waals surface area contributed by atoms with E-state index in [1.54, 1.807) is 6.07 Å². The van der Waals surface area contributed by atoms with E-state index in [9.17, 15) is 48.7 Å². The van der Waals surface area contributed by atoms with Gasteiger partial charge in [0.25, 0.3) is 0 Å². The van der Waals surface area contributed by atoms with Crippen molar-refractivity contribution in [1.29, 1.82) is 0 Å². The number of ether oxygens (including phenoxy) is 1. The predicted octanol–water partition coefficient (Wildman–Crippen LogP) is 3.77. The van der Waals surface area contributed by atoms with E-state index in [-0.39, 0.29) is 42.0 Å². The van der Waals surface area contributed by atoms with Crippen molar-refractivity contribution in [2.24, 2.45) is 0 Å². The maximum absolute atomic E-state index is 14.9. The van der Waals surface area contributed by atoms with Gasteiger partial charge in [-0.15, -0.1) is 9.24 Å². The summed E-state index contributed by atoms with van der Waals surface area (Å²) in [5, 5.41) is 2.53. The van der Waals surface area contributed by atoms with Gasteiger partial charge in [0.05, 0.1) is 16.6 Å². The lowest BCUT2D eigenvalue weighted by Gasteiger charge is -2.43. The van der Waals surface area contributed by atoms with Gasteiger partial charge in [-0.3, -0.25) is 9.59 Å². The van der Waals surface area contributed by atoms with Crippen LogP contribution in [0.5, 0.6) is 5.75 Å². The topological polar surface area (TPSA) is 92.8 Å². The van der Waals surface area contributed by atoms with Gasteiger partial charge in [0.1, 0.15) is 23.1 Å². The number of hydrogen-bond acceptors (Lipinski definition) is 5. The van der Waals surface area contributed by atoms with Crippen molar-refractivity contribution in [2.75, 3.05) is 13.2 Å². The summed E-state index contributed by atoms with van der Waals surface area (Å²) in [6.45, 7) is -0.803. The molecule has 16 heteroatoms. The van der Waals surface area contributed by atoms with Crippen LogP contribution in [-0.2, 0) is 29.8 Å². The molecule has 0 bridgehead atoms. The molecule has 2 saturated heterocycles. The molecule has 7 nitrogen and oxygen atoms in total.